The van der Waals surface area contributed by atoms with Gasteiger partial charge in [0.05, 0.1) is 18.6 Å². The van der Waals surface area contributed by atoms with Crippen molar-refractivity contribution in [2.24, 2.45) is 0 Å². The smallest absolute Gasteiger partial charge is 0.227 e. The van der Waals surface area contributed by atoms with Crippen LogP contribution in [0, 0.1) is 0 Å². The molecule has 2 atom stereocenters. The highest BCUT2D eigenvalue weighted by molar-refractivity contribution is 5.84. The SMILES string of the molecule is COCC(O)CCNC(=O)C1CCCc2ccccc21. The Bertz CT molecular complexity index is 447. The van der Waals surface area contributed by atoms with Gasteiger partial charge in [-0.3, -0.25) is 4.79 Å². The Morgan fingerprint density at radius 3 is 3.10 bits per heavy atom. The number of rotatable bonds is 6. The number of methoxy groups -OCH3 is 1. The third kappa shape index (κ3) is 3.81. The Morgan fingerprint density at radius 2 is 2.30 bits per heavy atom. The number of carbonyl (C=O) groups excluding carboxylic acids is 1. The molecule has 1 aromatic rings. The number of benzene rings is 1. The first-order valence-electron chi connectivity index (χ1n) is 7.25. The predicted molar refractivity (Wildman–Crippen MR) is 77.6 cm³/mol. The molecule has 0 fully saturated rings. The highest BCUT2D eigenvalue weighted by Gasteiger charge is 2.25. The fourth-order valence-corrected chi connectivity index (χ4v) is 2.79. The predicted octanol–water partition coefficient (Wildman–Crippen LogP) is 1.62. The fourth-order valence-electron chi connectivity index (χ4n) is 2.79. The van der Waals surface area contributed by atoms with E-state index in [9.17, 15) is 9.90 Å². The van der Waals surface area contributed by atoms with Crippen LogP contribution in [0.3, 0.4) is 0 Å². The van der Waals surface area contributed by atoms with Gasteiger partial charge >= 0.3 is 0 Å². The summed E-state index contributed by atoms with van der Waals surface area (Å²) in [6.07, 6.45) is 3.03. The summed E-state index contributed by atoms with van der Waals surface area (Å²) < 4.78 is 4.86. The summed E-state index contributed by atoms with van der Waals surface area (Å²) in [7, 11) is 1.56. The van der Waals surface area contributed by atoms with Crippen molar-refractivity contribution in [3.63, 3.8) is 0 Å². The number of hydrogen-bond acceptors (Lipinski definition) is 3. The van der Waals surface area contributed by atoms with E-state index in [0.29, 0.717) is 19.6 Å². The third-order valence-electron chi connectivity index (χ3n) is 3.82. The maximum atomic E-state index is 12.3. The zero-order valence-corrected chi connectivity index (χ0v) is 12.0. The number of nitrogens with one attached hydrogen (secondary N) is 1. The lowest BCUT2D eigenvalue weighted by Crippen LogP contribution is -2.33. The topological polar surface area (TPSA) is 58.6 Å². The van der Waals surface area contributed by atoms with Gasteiger partial charge in [-0.25, -0.2) is 0 Å². The van der Waals surface area contributed by atoms with Gasteiger partial charge in [-0.2, -0.15) is 0 Å². The number of carbonyl (C=O) groups is 1. The van der Waals surface area contributed by atoms with Crippen LogP contribution in [0.2, 0.25) is 0 Å². The van der Waals surface area contributed by atoms with Crippen molar-refractivity contribution < 1.29 is 14.6 Å². The Kier molecular flexibility index (Phi) is 5.56. The van der Waals surface area contributed by atoms with Gasteiger partial charge in [-0.15, -0.1) is 0 Å². The second-order valence-corrected chi connectivity index (χ2v) is 5.33. The second-order valence-electron chi connectivity index (χ2n) is 5.33. The normalized spacial score (nSPS) is 19.2. The molecule has 0 bridgehead atoms. The molecule has 4 nitrogen and oxygen atoms in total. The first-order chi connectivity index (χ1) is 9.72. The number of fused-ring (bicyclic) bond motifs is 1. The molecule has 0 saturated heterocycles. The first kappa shape index (κ1) is 15.0. The van der Waals surface area contributed by atoms with Crippen LogP contribution in [0.15, 0.2) is 24.3 Å². The summed E-state index contributed by atoms with van der Waals surface area (Å²) in [5.41, 5.74) is 2.45. The lowest BCUT2D eigenvalue weighted by atomic mass is 9.82. The van der Waals surface area contributed by atoms with E-state index in [1.807, 2.05) is 12.1 Å². The van der Waals surface area contributed by atoms with Gasteiger partial charge in [0.15, 0.2) is 0 Å². The van der Waals surface area contributed by atoms with Crippen LogP contribution in [0.4, 0.5) is 0 Å². The summed E-state index contributed by atoms with van der Waals surface area (Å²) >= 11 is 0. The van der Waals surface area contributed by atoms with Gasteiger partial charge in [-0.05, 0) is 36.8 Å². The third-order valence-corrected chi connectivity index (χ3v) is 3.82. The van der Waals surface area contributed by atoms with Crippen molar-refractivity contribution in [3.05, 3.63) is 35.4 Å². The van der Waals surface area contributed by atoms with Gasteiger partial charge in [-0.1, -0.05) is 24.3 Å². The first-order valence-corrected chi connectivity index (χ1v) is 7.25. The maximum Gasteiger partial charge on any atom is 0.227 e. The van der Waals surface area contributed by atoms with Crippen molar-refractivity contribution in [1.82, 2.24) is 5.32 Å². The summed E-state index contributed by atoms with van der Waals surface area (Å²) in [6.45, 7) is 0.796. The Morgan fingerprint density at radius 1 is 1.50 bits per heavy atom. The number of ether oxygens (including phenoxy) is 1. The van der Waals surface area contributed by atoms with Gasteiger partial charge in [0.1, 0.15) is 0 Å². The van der Waals surface area contributed by atoms with Crippen molar-refractivity contribution in [2.75, 3.05) is 20.3 Å². The average Bonchev–Trinajstić information content (AvgIpc) is 2.47. The van der Waals surface area contributed by atoms with Crippen molar-refractivity contribution in [3.8, 4) is 0 Å². The zero-order valence-electron chi connectivity index (χ0n) is 12.0. The van der Waals surface area contributed by atoms with E-state index in [4.69, 9.17) is 4.74 Å². The standard InChI is InChI=1S/C16H23NO3/c1-20-11-13(18)9-10-17-16(19)15-8-4-6-12-5-2-3-7-14(12)15/h2-3,5,7,13,15,18H,4,6,8-11H2,1H3,(H,17,19). The van der Waals surface area contributed by atoms with Crippen molar-refractivity contribution >= 4 is 5.91 Å². The van der Waals surface area contributed by atoms with Crippen molar-refractivity contribution in [2.45, 2.75) is 37.7 Å². The van der Waals surface area contributed by atoms with E-state index in [0.717, 1.165) is 24.8 Å². The molecule has 0 radical (unpaired) electrons. The molecule has 1 aromatic carbocycles. The van der Waals surface area contributed by atoms with Gasteiger partial charge in [0.25, 0.3) is 0 Å². The molecule has 0 aliphatic heterocycles. The Hall–Kier alpha value is -1.39. The van der Waals surface area contributed by atoms with E-state index in [2.05, 4.69) is 17.4 Å². The zero-order chi connectivity index (χ0) is 14.4. The lowest BCUT2D eigenvalue weighted by molar-refractivity contribution is -0.123. The average molecular weight is 277 g/mol. The highest BCUT2D eigenvalue weighted by atomic mass is 16.5. The molecule has 0 saturated carbocycles. The molecular weight excluding hydrogens is 254 g/mol. The van der Waals surface area contributed by atoms with Crippen LogP contribution in [0.25, 0.3) is 0 Å². The summed E-state index contributed by atoms with van der Waals surface area (Å²) in [5.74, 6) is 0.0290. The molecule has 4 heteroatoms. The monoisotopic (exact) mass is 277 g/mol. The molecule has 1 aliphatic carbocycles. The summed E-state index contributed by atoms with van der Waals surface area (Å²) in [6, 6.07) is 8.18. The highest BCUT2D eigenvalue weighted by Crippen LogP contribution is 2.31. The lowest BCUT2D eigenvalue weighted by Gasteiger charge is -2.24. The van der Waals surface area contributed by atoms with Crippen LogP contribution in [0.5, 0.6) is 0 Å². The van der Waals surface area contributed by atoms with Crippen LogP contribution in [-0.4, -0.2) is 37.4 Å². The Labute approximate surface area is 120 Å². The van der Waals surface area contributed by atoms with Crippen LogP contribution >= 0.6 is 0 Å². The van der Waals surface area contributed by atoms with E-state index < -0.39 is 6.10 Å². The molecule has 2 unspecified atom stereocenters. The number of hydrogen-bond donors (Lipinski definition) is 2. The largest absolute Gasteiger partial charge is 0.391 e. The number of amides is 1. The summed E-state index contributed by atoms with van der Waals surface area (Å²) in [5, 5.41) is 12.5. The van der Waals surface area contributed by atoms with E-state index >= 15 is 0 Å². The van der Waals surface area contributed by atoms with E-state index in [-0.39, 0.29) is 11.8 Å². The number of aliphatic hydroxyl groups is 1. The quantitative estimate of drug-likeness (QED) is 0.830. The molecule has 20 heavy (non-hydrogen) atoms. The molecule has 2 N–H and O–H groups in total. The molecule has 0 aromatic heterocycles. The van der Waals surface area contributed by atoms with Gasteiger partial charge < -0.3 is 15.2 Å². The van der Waals surface area contributed by atoms with Crippen LogP contribution in [0.1, 0.15) is 36.3 Å². The molecule has 0 heterocycles. The second kappa shape index (κ2) is 7.41. The number of aliphatic hydroxyl groups excluding tert-OH is 1. The molecule has 2 rings (SSSR count). The maximum absolute atomic E-state index is 12.3. The minimum atomic E-state index is -0.515. The van der Waals surface area contributed by atoms with E-state index in [1.54, 1.807) is 7.11 Å². The Balaban J connectivity index is 1.87. The molecule has 1 amide bonds. The summed E-state index contributed by atoms with van der Waals surface area (Å²) in [4.78, 5) is 12.3. The minimum absolute atomic E-state index is 0.0421. The van der Waals surface area contributed by atoms with Gasteiger partial charge in [0.2, 0.25) is 5.91 Å². The van der Waals surface area contributed by atoms with Gasteiger partial charge in [0, 0.05) is 13.7 Å². The minimum Gasteiger partial charge on any atom is -0.391 e. The fraction of sp³-hybridized carbons (Fsp3) is 0.562. The molecule has 1 aliphatic rings. The van der Waals surface area contributed by atoms with Crippen LogP contribution in [-0.2, 0) is 16.0 Å². The molecule has 110 valence electrons. The molecule has 0 spiro atoms. The van der Waals surface area contributed by atoms with Crippen molar-refractivity contribution in [1.29, 1.82) is 0 Å². The number of aryl methyl sites for hydroxylation is 1. The van der Waals surface area contributed by atoms with E-state index in [1.165, 1.54) is 5.56 Å². The molecular formula is C16H23NO3. The van der Waals surface area contributed by atoms with Crippen LogP contribution < -0.4 is 5.32 Å².